The minimum Gasteiger partial charge on any atom is -0.494 e. The van der Waals surface area contributed by atoms with Crippen molar-refractivity contribution in [2.75, 3.05) is 6.61 Å². The molecule has 3 aromatic rings. The molecule has 2 heterocycles. The van der Waals surface area contributed by atoms with Gasteiger partial charge in [0.15, 0.2) is 0 Å². The first-order chi connectivity index (χ1) is 11.2. The van der Waals surface area contributed by atoms with Gasteiger partial charge < -0.3 is 9.72 Å². The molecule has 0 radical (unpaired) electrons. The van der Waals surface area contributed by atoms with Crippen molar-refractivity contribution in [2.45, 2.75) is 33.1 Å². The van der Waals surface area contributed by atoms with Gasteiger partial charge in [0.1, 0.15) is 22.6 Å². The molecule has 2 aromatic heterocycles. The molecule has 0 aliphatic rings. The van der Waals surface area contributed by atoms with E-state index in [0.717, 1.165) is 29.8 Å². The summed E-state index contributed by atoms with van der Waals surface area (Å²) in [5, 5.41) is 6.99. The van der Waals surface area contributed by atoms with E-state index in [9.17, 15) is 4.79 Å². The normalized spacial score (nSPS) is 11.0. The van der Waals surface area contributed by atoms with E-state index >= 15 is 0 Å². The summed E-state index contributed by atoms with van der Waals surface area (Å²) in [6.07, 6.45) is 2.26. The van der Waals surface area contributed by atoms with Gasteiger partial charge in [-0.05, 0) is 19.4 Å². The molecule has 0 saturated carbocycles. The van der Waals surface area contributed by atoms with Gasteiger partial charge in [-0.25, -0.2) is 4.98 Å². The molecule has 6 heteroatoms. The molecule has 0 saturated heterocycles. The van der Waals surface area contributed by atoms with Crippen LogP contribution in [0, 0.1) is 0 Å². The maximum Gasteiger partial charge on any atom is 0.276 e. The summed E-state index contributed by atoms with van der Waals surface area (Å²) in [4.78, 5) is 19.7. The topological polar surface area (TPSA) is 83.7 Å². The molecule has 0 unspecified atom stereocenters. The lowest BCUT2D eigenvalue weighted by Crippen LogP contribution is -2.12. The number of aromatic nitrogens is 4. The number of aryl methyl sites for hydroxylation is 1. The molecule has 1 aromatic carbocycles. The number of ether oxygens (including phenoxy) is 1. The van der Waals surface area contributed by atoms with Crippen LogP contribution in [0.3, 0.4) is 0 Å². The Morgan fingerprint density at radius 1 is 1.22 bits per heavy atom. The van der Waals surface area contributed by atoms with Gasteiger partial charge in [0, 0.05) is 12.0 Å². The third-order valence-corrected chi connectivity index (χ3v) is 3.66. The van der Waals surface area contributed by atoms with Gasteiger partial charge in [0.2, 0.25) is 0 Å². The van der Waals surface area contributed by atoms with Crippen molar-refractivity contribution < 1.29 is 4.74 Å². The van der Waals surface area contributed by atoms with Crippen LogP contribution < -0.4 is 10.3 Å². The Morgan fingerprint density at radius 2 is 2.04 bits per heavy atom. The average molecular weight is 312 g/mol. The Labute approximate surface area is 133 Å². The third kappa shape index (κ3) is 3.11. The van der Waals surface area contributed by atoms with E-state index in [-0.39, 0.29) is 5.56 Å². The second kappa shape index (κ2) is 6.64. The van der Waals surface area contributed by atoms with E-state index in [1.807, 2.05) is 31.2 Å². The van der Waals surface area contributed by atoms with E-state index in [4.69, 9.17) is 4.74 Å². The minimum absolute atomic E-state index is 0.186. The highest BCUT2D eigenvalue weighted by Gasteiger charge is 2.13. The summed E-state index contributed by atoms with van der Waals surface area (Å²) in [6.45, 7) is 4.63. The monoisotopic (exact) mass is 312 g/mol. The number of H-pyrrole nitrogens is 2. The van der Waals surface area contributed by atoms with Gasteiger partial charge in [-0.15, -0.1) is 0 Å². The number of fused-ring (bicyclic) bond motifs is 1. The number of rotatable bonds is 6. The first-order valence-electron chi connectivity index (χ1n) is 7.89. The zero-order valence-electron chi connectivity index (χ0n) is 13.3. The summed E-state index contributed by atoms with van der Waals surface area (Å²) in [6, 6.07) is 7.80. The zero-order chi connectivity index (χ0) is 16.2. The maximum atomic E-state index is 12.2. The Morgan fingerprint density at radius 3 is 2.83 bits per heavy atom. The van der Waals surface area contributed by atoms with E-state index in [1.165, 1.54) is 0 Å². The molecule has 0 bridgehead atoms. The molecule has 120 valence electrons. The summed E-state index contributed by atoms with van der Waals surface area (Å²) in [5.74, 6) is 1.44. The van der Waals surface area contributed by atoms with Crippen LogP contribution in [0.4, 0.5) is 0 Å². The van der Waals surface area contributed by atoms with Gasteiger partial charge in [-0.1, -0.05) is 31.5 Å². The number of hydrogen-bond acceptors (Lipinski definition) is 4. The summed E-state index contributed by atoms with van der Waals surface area (Å²) >= 11 is 0. The van der Waals surface area contributed by atoms with Crippen LogP contribution >= 0.6 is 0 Å². The predicted octanol–water partition coefficient (Wildman–Crippen LogP) is 2.59. The lowest BCUT2D eigenvalue weighted by atomic mass is 10.1. The largest absolute Gasteiger partial charge is 0.494 e. The standard InChI is InChI=1S/C17H20N4O2/c1-3-7-12-15-16(21-20-12)17(22)19-14(18-15)10-11-8-5-6-9-13(11)23-4-2/h5-6,8-9H,3-4,7,10H2,1-2H3,(H,20,21)(H,18,19,22). The Hall–Kier alpha value is -2.63. The lowest BCUT2D eigenvalue weighted by molar-refractivity contribution is 0.337. The number of aromatic amines is 2. The van der Waals surface area contributed by atoms with E-state index < -0.39 is 0 Å². The van der Waals surface area contributed by atoms with E-state index in [1.54, 1.807) is 0 Å². The fourth-order valence-electron chi connectivity index (χ4n) is 2.63. The predicted molar refractivity (Wildman–Crippen MR) is 88.9 cm³/mol. The van der Waals surface area contributed by atoms with Gasteiger partial charge in [0.25, 0.3) is 5.56 Å². The van der Waals surface area contributed by atoms with Crippen LogP contribution in [0.1, 0.15) is 37.4 Å². The molecule has 6 nitrogen and oxygen atoms in total. The molecule has 3 rings (SSSR count). The van der Waals surface area contributed by atoms with Crippen LogP contribution in [-0.4, -0.2) is 26.8 Å². The van der Waals surface area contributed by atoms with Crippen LogP contribution in [-0.2, 0) is 12.8 Å². The van der Waals surface area contributed by atoms with Crippen LogP contribution in [0.2, 0.25) is 0 Å². The zero-order valence-corrected chi connectivity index (χ0v) is 13.3. The molecular weight excluding hydrogens is 292 g/mol. The molecular formula is C17H20N4O2. The Kier molecular flexibility index (Phi) is 4.41. The van der Waals surface area contributed by atoms with E-state index in [0.29, 0.717) is 29.9 Å². The van der Waals surface area contributed by atoms with E-state index in [2.05, 4.69) is 27.1 Å². The first-order valence-corrected chi connectivity index (χ1v) is 7.89. The van der Waals surface area contributed by atoms with Crippen molar-refractivity contribution in [1.29, 1.82) is 0 Å². The van der Waals surface area contributed by atoms with Crippen LogP contribution in [0.5, 0.6) is 5.75 Å². The fraction of sp³-hybridized carbons (Fsp3) is 0.353. The molecule has 0 aliphatic carbocycles. The van der Waals surface area contributed by atoms with Crippen molar-refractivity contribution in [3.63, 3.8) is 0 Å². The molecule has 0 fully saturated rings. The van der Waals surface area contributed by atoms with Crippen LogP contribution in [0.15, 0.2) is 29.1 Å². The smallest absolute Gasteiger partial charge is 0.276 e. The second-order valence-electron chi connectivity index (χ2n) is 5.37. The minimum atomic E-state index is -0.186. The number of nitrogens with one attached hydrogen (secondary N) is 2. The van der Waals surface area contributed by atoms with Crippen molar-refractivity contribution in [3.8, 4) is 5.75 Å². The van der Waals surface area contributed by atoms with Crippen molar-refractivity contribution in [3.05, 3.63) is 51.7 Å². The number of para-hydroxylation sites is 1. The van der Waals surface area contributed by atoms with Crippen molar-refractivity contribution in [1.82, 2.24) is 20.2 Å². The molecule has 0 atom stereocenters. The molecule has 0 aliphatic heterocycles. The van der Waals surface area contributed by atoms with Gasteiger partial charge in [-0.3, -0.25) is 9.89 Å². The second-order valence-corrected chi connectivity index (χ2v) is 5.37. The SMILES string of the molecule is CCCc1n[nH]c2c(=O)[nH]c(Cc3ccccc3OCC)nc12. The summed E-state index contributed by atoms with van der Waals surface area (Å²) < 4.78 is 5.64. The Balaban J connectivity index is 2.00. The molecule has 2 N–H and O–H groups in total. The Bertz CT molecular complexity index is 866. The van der Waals surface area contributed by atoms with Crippen LogP contribution in [0.25, 0.3) is 11.0 Å². The van der Waals surface area contributed by atoms with Crippen molar-refractivity contribution in [2.24, 2.45) is 0 Å². The van der Waals surface area contributed by atoms with Crippen molar-refractivity contribution >= 4 is 11.0 Å². The lowest BCUT2D eigenvalue weighted by Gasteiger charge is -2.09. The highest BCUT2D eigenvalue weighted by Crippen LogP contribution is 2.21. The maximum absolute atomic E-state index is 12.2. The average Bonchev–Trinajstić information content (AvgIpc) is 2.94. The number of hydrogen-bond donors (Lipinski definition) is 2. The summed E-state index contributed by atoms with van der Waals surface area (Å²) in [5.41, 5.74) is 2.76. The quantitative estimate of drug-likeness (QED) is 0.733. The number of benzene rings is 1. The highest BCUT2D eigenvalue weighted by atomic mass is 16.5. The molecule has 23 heavy (non-hydrogen) atoms. The highest BCUT2D eigenvalue weighted by molar-refractivity contribution is 5.75. The fourth-order valence-corrected chi connectivity index (χ4v) is 2.63. The molecule has 0 spiro atoms. The molecule has 0 amide bonds. The summed E-state index contributed by atoms with van der Waals surface area (Å²) in [7, 11) is 0. The van der Waals surface area contributed by atoms with Gasteiger partial charge in [0.05, 0.1) is 12.3 Å². The first kappa shape index (κ1) is 15.3. The third-order valence-electron chi connectivity index (χ3n) is 3.66. The van der Waals surface area contributed by atoms with Gasteiger partial charge in [-0.2, -0.15) is 5.10 Å². The number of nitrogens with zero attached hydrogens (tertiary/aromatic N) is 2. The van der Waals surface area contributed by atoms with Gasteiger partial charge >= 0.3 is 0 Å².